The van der Waals surface area contributed by atoms with Crippen molar-refractivity contribution in [2.24, 2.45) is 5.41 Å². The van der Waals surface area contributed by atoms with Crippen LogP contribution in [0.3, 0.4) is 0 Å². The van der Waals surface area contributed by atoms with E-state index in [1.54, 1.807) is 0 Å². The van der Waals surface area contributed by atoms with Crippen LogP contribution >= 0.6 is 0 Å². The molecular formula is C10H20. The predicted octanol–water partition coefficient (Wildman–Crippen LogP) is 3.78. The Kier molecular flexibility index (Phi) is 3.70. The molecule has 0 heteroatoms. The Morgan fingerprint density at radius 2 is 1.80 bits per heavy atom. The van der Waals surface area contributed by atoms with Crippen LogP contribution in [0.4, 0.5) is 0 Å². The zero-order chi connectivity index (χ0) is 8.20. The molecule has 0 saturated heterocycles. The Labute approximate surface area is 65.3 Å². The number of rotatable bonds is 2. The second-order valence-electron chi connectivity index (χ2n) is 3.93. The molecule has 0 atom stereocenters. The molecule has 0 nitrogen and oxygen atoms in total. The molecule has 0 aromatic rings. The Bertz CT molecular complexity index is 112. The normalized spacial score (nSPS) is 13.9. The molecule has 10 heavy (non-hydrogen) atoms. The van der Waals surface area contributed by atoms with Crippen LogP contribution < -0.4 is 0 Å². The molecule has 0 fully saturated rings. The summed E-state index contributed by atoms with van der Waals surface area (Å²) in [6.07, 6.45) is 4.83. The number of allylic oxidation sites excluding steroid dienone is 2. The van der Waals surface area contributed by atoms with Gasteiger partial charge in [-0.2, -0.15) is 0 Å². The van der Waals surface area contributed by atoms with E-state index in [1.807, 2.05) is 0 Å². The fourth-order valence-corrected chi connectivity index (χ4v) is 0.667. The SMILES string of the molecule is CCC/C=C(\C)C(C)(C)C. The topological polar surface area (TPSA) is 0 Å². The van der Waals surface area contributed by atoms with Crippen molar-refractivity contribution >= 4 is 0 Å². The van der Waals surface area contributed by atoms with Crippen LogP contribution in [0, 0.1) is 5.41 Å². The molecule has 0 aromatic heterocycles. The second-order valence-corrected chi connectivity index (χ2v) is 3.93. The first kappa shape index (κ1) is 9.74. The van der Waals surface area contributed by atoms with Gasteiger partial charge in [0.1, 0.15) is 0 Å². The lowest BCUT2D eigenvalue weighted by atomic mass is 9.87. The lowest BCUT2D eigenvalue weighted by molar-refractivity contribution is 0.501. The Hall–Kier alpha value is -0.260. The summed E-state index contributed by atoms with van der Waals surface area (Å²) in [7, 11) is 0. The summed E-state index contributed by atoms with van der Waals surface area (Å²) in [6.45, 7) is 11.2. The summed E-state index contributed by atoms with van der Waals surface area (Å²) in [5, 5.41) is 0. The van der Waals surface area contributed by atoms with E-state index in [2.05, 4.69) is 40.7 Å². The lowest BCUT2D eigenvalue weighted by Gasteiger charge is -2.19. The van der Waals surface area contributed by atoms with Gasteiger partial charge < -0.3 is 0 Å². The van der Waals surface area contributed by atoms with Gasteiger partial charge in [0, 0.05) is 0 Å². The van der Waals surface area contributed by atoms with Crippen molar-refractivity contribution in [1.29, 1.82) is 0 Å². The van der Waals surface area contributed by atoms with Gasteiger partial charge in [-0.05, 0) is 18.8 Å². The molecule has 60 valence electrons. The van der Waals surface area contributed by atoms with Gasteiger partial charge in [-0.1, -0.05) is 45.8 Å². The summed E-state index contributed by atoms with van der Waals surface area (Å²) < 4.78 is 0. The molecule has 0 N–H and O–H groups in total. The van der Waals surface area contributed by atoms with Gasteiger partial charge >= 0.3 is 0 Å². The van der Waals surface area contributed by atoms with Crippen molar-refractivity contribution in [3.63, 3.8) is 0 Å². The van der Waals surface area contributed by atoms with E-state index >= 15 is 0 Å². The molecule has 0 aliphatic rings. The number of hydrogen-bond donors (Lipinski definition) is 0. The fraction of sp³-hybridized carbons (Fsp3) is 0.800. The van der Waals surface area contributed by atoms with Crippen LogP contribution in [0.2, 0.25) is 0 Å². The van der Waals surface area contributed by atoms with E-state index < -0.39 is 0 Å². The summed E-state index contributed by atoms with van der Waals surface area (Å²) in [5.74, 6) is 0. The minimum Gasteiger partial charge on any atom is -0.0851 e. The third-order valence-electron chi connectivity index (χ3n) is 1.92. The minimum atomic E-state index is 0.370. The second kappa shape index (κ2) is 3.80. The maximum atomic E-state index is 2.35. The molecular weight excluding hydrogens is 120 g/mol. The summed E-state index contributed by atoms with van der Waals surface area (Å²) in [4.78, 5) is 0. The fourth-order valence-electron chi connectivity index (χ4n) is 0.667. The highest BCUT2D eigenvalue weighted by atomic mass is 14.2. The van der Waals surface area contributed by atoms with Crippen LogP contribution in [0.25, 0.3) is 0 Å². The molecule has 0 amide bonds. The van der Waals surface area contributed by atoms with E-state index in [4.69, 9.17) is 0 Å². The summed E-state index contributed by atoms with van der Waals surface area (Å²) in [6, 6.07) is 0. The van der Waals surface area contributed by atoms with Crippen molar-refractivity contribution in [3.05, 3.63) is 11.6 Å². The van der Waals surface area contributed by atoms with Crippen LogP contribution in [0.1, 0.15) is 47.5 Å². The number of unbranched alkanes of at least 4 members (excludes halogenated alkanes) is 1. The molecule has 0 heterocycles. The van der Waals surface area contributed by atoms with E-state index in [9.17, 15) is 0 Å². The maximum Gasteiger partial charge on any atom is -0.0176 e. The first-order valence-corrected chi connectivity index (χ1v) is 4.15. The Morgan fingerprint density at radius 1 is 1.30 bits per heavy atom. The van der Waals surface area contributed by atoms with E-state index in [1.165, 1.54) is 18.4 Å². The molecule has 0 saturated carbocycles. The van der Waals surface area contributed by atoms with Gasteiger partial charge in [-0.25, -0.2) is 0 Å². The minimum absolute atomic E-state index is 0.370. The Balaban J connectivity index is 3.93. The van der Waals surface area contributed by atoms with Gasteiger partial charge in [0.15, 0.2) is 0 Å². The molecule has 0 aliphatic heterocycles. The standard InChI is InChI=1S/C10H20/c1-6-7-8-9(2)10(3,4)5/h8H,6-7H2,1-5H3/b9-8+. The van der Waals surface area contributed by atoms with Gasteiger partial charge in [-0.3, -0.25) is 0 Å². The molecule has 0 rings (SSSR count). The first-order valence-electron chi connectivity index (χ1n) is 4.15. The van der Waals surface area contributed by atoms with Gasteiger partial charge in [0.2, 0.25) is 0 Å². The highest BCUT2D eigenvalue weighted by Gasteiger charge is 2.10. The first-order chi connectivity index (χ1) is 4.48. The van der Waals surface area contributed by atoms with Crippen LogP contribution in [-0.4, -0.2) is 0 Å². The van der Waals surface area contributed by atoms with Crippen LogP contribution in [0.15, 0.2) is 11.6 Å². The monoisotopic (exact) mass is 140 g/mol. The van der Waals surface area contributed by atoms with Crippen molar-refractivity contribution < 1.29 is 0 Å². The van der Waals surface area contributed by atoms with Crippen LogP contribution in [0.5, 0.6) is 0 Å². The third-order valence-corrected chi connectivity index (χ3v) is 1.92. The molecule has 0 aliphatic carbocycles. The van der Waals surface area contributed by atoms with Gasteiger partial charge in [0.25, 0.3) is 0 Å². The molecule has 0 radical (unpaired) electrons. The summed E-state index contributed by atoms with van der Waals surface area (Å²) >= 11 is 0. The summed E-state index contributed by atoms with van der Waals surface area (Å²) in [5.41, 5.74) is 1.88. The third kappa shape index (κ3) is 3.71. The van der Waals surface area contributed by atoms with Gasteiger partial charge in [-0.15, -0.1) is 0 Å². The van der Waals surface area contributed by atoms with E-state index in [0.717, 1.165) is 0 Å². The average Bonchev–Trinajstić information content (AvgIpc) is 1.80. The maximum absolute atomic E-state index is 2.35. The quantitative estimate of drug-likeness (QED) is 0.512. The molecule has 0 aromatic carbocycles. The largest absolute Gasteiger partial charge is 0.0851 e. The highest BCUT2D eigenvalue weighted by molar-refractivity contribution is 5.06. The number of hydrogen-bond acceptors (Lipinski definition) is 0. The molecule has 0 unspecified atom stereocenters. The van der Waals surface area contributed by atoms with Crippen LogP contribution in [-0.2, 0) is 0 Å². The highest BCUT2D eigenvalue weighted by Crippen LogP contribution is 2.24. The van der Waals surface area contributed by atoms with Crippen molar-refractivity contribution in [3.8, 4) is 0 Å². The van der Waals surface area contributed by atoms with Crippen molar-refractivity contribution in [1.82, 2.24) is 0 Å². The van der Waals surface area contributed by atoms with Gasteiger partial charge in [0.05, 0.1) is 0 Å². The molecule has 0 spiro atoms. The van der Waals surface area contributed by atoms with E-state index in [0.29, 0.717) is 5.41 Å². The Morgan fingerprint density at radius 3 is 2.10 bits per heavy atom. The smallest absolute Gasteiger partial charge is 0.0176 e. The van der Waals surface area contributed by atoms with Crippen molar-refractivity contribution in [2.45, 2.75) is 47.5 Å². The molecule has 0 bridgehead atoms. The zero-order valence-corrected chi connectivity index (χ0v) is 7.99. The lowest BCUT2D eigenvalue weighted by Crippen LogP contribution is -2.05. The predicted molar refractivity (Wildman–Crippen MR) is 48.1 cm³/mol. The van der Waals surface area contributed by atoms with Crippen molar-refractivity contribution in [2.75, 3.05) is 0 Å². The van der Waals surface area contributed by atoms with E-state index in [-0.39, 0.29) is 0 Å². The average molecular weight is 140 g/mol. The zero-order valence-electron chi connectivity index (χ0n) is 7.99.